The van der Waals surface area contributed by atoms with Crippen LogP contribution in [-0.4, -0.2) is 47.8 Å². The molecular weight excluding hydrogens is 371 g/mol. The number of nitrogens with zero attached hydrogens (tertiary/aromatic N) is 2. The van der Waals surface area contributed by atoms with Crippen LogP contribution in [0.25, 0.3) is 0 Å². The molecule has 0 N–H and O–H groups in total. The fourth-order valence-electron chi connectivity index (χ4n) is 3.02. The lowest BCUT2D eigenvalue weighted by Crippen LogP contribution is -2.50. The first kappa shape index (κ1) is 18.7. The first-order valence-electron chi connectivity index (χ1n) is 8.60. The first-order chi connectivity index (χ1) is 12.5. The molecule has 1 saturated heterocycles. The van der Waals surface area contributed by atoms with Crippen LogP contribution in [0, 0.1) is 0 Å². The van der Waals surface area contributed by atoms with Crippen molar-refractivity contribution in [1.29, 1.82) is 0 Å². The predicted molar refractivity (Wildman–Crippen MR) is 104 cm³/mol. The third kappa shape index (κ3) is 4.77. The summed E-state index contributed by atoms with van der Waals surface area (Å²) in [4.78, 5) is 28.5. The minimum atomic E-state index is -0.0410. The van der Waals surface area contributed by atoms with Gasteiger partial charge < -0.3 is 9.80 Å². The molecule has 0 bridgehead atoms. The highest BCUT2D eigenvalue weighted by molar-refractivity contribution is 6.31. The minimum Gasteiger partial charge on any atom is -0.339 e. The van der Waals surface area contributed by atoms with Gasteiger partial charge in [-0.3, -0.25) is 9.59 Å². The van der Waals surface area contributed by atoms with E-state index in [1.54, 1.807) is 29.2 Å². The van der Waals surface area contributed by atoms with Crippen molar-refractivity contribution >= 4 is 35.0 Å². The largest absolute Gasteiger partial charge is 0.339 e. The Kier molecular flexibility index (Phi) is 6.17. The molecule has 0 saturated carbocycles. The van der Waals surface area contributed by atoms with E-state index in [9.17, 15) is 9.59 Å². The fraction of sp³-hybridized carbons (Fsp3) is 0.300. The smallest absolute Gasteiger partial charge is 0.254 e. The normalized spacial score (nSPS) is 14.4. The minimum absolute atomic E-state index is 0.0410. The lowest BCUT2D eigenvalue weighted by atomic mass is 10.1. The van der Waals surface area contributed by atoms with E-state index in [0.717, 1.165) is 5.56 Å². The number of hydrogen-bond acceptors (Lipinski definition) is 2. The van der Waals surface area contributed by atoms with Gasteiger partial charge in [-0.2, -0.15) is 0 Å². The topological polar surface area (TPSA) is 40.6 Å². The SMILES string of the molecule is O=C(CCc1ccc(Cl)cc1)N1CCN(C(=O)c2cccc(Cl)c2)CC1. The number of hydrogen-bond donors (Lipinski definition) is 0. The number of carbonyl (C=O) groups excluding carboxylic acids is 2. The molecule has 0 unspecified atom stereocenters. The van der Waals surface area contributed by atoms with Crippen molar-refractivity contribution < 1.29 is 9.59 Å². The van der Waals surface area contributed by atoms with Crippen molar-refractivity contribution in [2.75, 3.05) is 26.2 Å². The second-order valence-corrected chi connectivity index (χ2v) is 7.18. The van der Waals surface area contributed by atoms with Crippen LogP contribution in [0.15, 0.2) is 48.5 Å². The molecule has 1 fully saturated rings. The summed E-state index contributed by atoms with van der Waals surface area (Å²) in [5, 5.41) is 1.24. The van der Waals surface area contributed by atoms with E-state index in [1.807, 2.05) is 29.2 Å². The van der Waals surface area contributed by atoms with Crippen LogP contribution in [0.3, 0.4) is 0 Å². The van der Waals surface area contributed by atoms with Gasteiger partial charge in [0.05, 0.1) is 0 Å². The lowest BCUT2D eigenvalue weighted by Gasteiger charge is -2.35. The molecule has 136 valence electrons. The summed E-state index contributed by atoms with van der Waals surface area (Å²) in [6.45, 7) is 2.20. The predicted octanol–water partition coefficient (Wildman–Crippen LogP) is 3.91. The van der Waals surface area contributed by atoms with Crippen LogP contribution < -0.4 is 0 Å². The van der Waals surface area contributed by atoms with Gasteiger partial charge in [0.15, 0.2) is 0 Å². The number of carbonyl (C=O) groups is 2. The average molecular weight is 391 g/mol. The van der Waals surface area contributed by atoms with Crippen LogP contribution in [0.2, 0.25) is 10.0 Å². The second-order valence-electron chi connectivity index (χ2n) is 6.31. The fourth-order valence-corrected chi connectivity index (χ4v) is 3.34. The standard InChI is InChI=1S/C20H20Cl2N2O2/c21-17-7-4-15(5-8-17)6-9-19(25)23-10-12-24(13-11-23)20(26)16-2-1-3-18(22)14-16/h1-5,7-8,14H,6,9-13H2. The number of halogens is 2. The zero-order valence-electron chi connectivity index (χ0n) is 14.3. The van der Waals surface area contributed by atoms with Crippen molar-refractivity contribution in [1.82, 2.24) is 9.80 Å². The maximum absolute atomic E-state index is 12.5. The van der Waals surface area contributed by atoms with Crippen LogP contribution >= 0.6 is 23.2 Å². The quantitative estimate of drug-likeness (QED) is 0.793. The molecule has 0 aromatic heterocycles. The van der Waals surface area contributed by atoms with E-state index in [2.05, 4.69) is 0 Å². The third-order valence-corrected chi connectivity index (χ3v) is 5.02. The first-order valence-corrected chi connectivity index (χ1v) is 9.35. The monoisotopic (exact) mass is 390 g/mol. The number of benzene rings is 2. The number of piperazine rings is 1. The molecule has 1 aliphatic rings. The van der Waals surface area contributed by atoms with E-state index in [0.29, 0.717) is 54.6 Å². The Labute approximate surface area is 163 Å². The molecule has 0 atom stereocenters. The van der Waals surface area contributed by atoms with Gasteiger partial charge in [-0.15, -0.1) is 0 Å². The summed E-state index contributed by atoms with van der Waals surface area (Å²) in [5.41, 5.74) is 1.68. The molecule has 2 amide bonds. The zero-order valence-corrected chi connectivity index (χ0v) is 15.8. The average Bonchev–Trinajstić information content (AvgIpc) is 2.67. The molecule has 2 aromatic rings. The Morgan fingerprint density at radius 3 is 2.15 bits per heavy atom. The summed E-state index contributed by atoms with van der Waals surface area (Å²) in [6.07, 6.45) is 1.15. The molecule has 0 spiro atoms. The van der Waals surface area contributed by atoms with Gasteiger partial charge in [-0.1, -0.05) is 41.4 Å². The molecule has 6 heteroatoms. The third-order valence-electron chi connectivity index (χ3n) is 4.53. The van der Waals surface area contributed by atoms with E-state index in [-0.39, 0.29) is 11.8 Å². The van der Waals surface area contributed by atoms with Crippen LogP contribution in [0.5, 0.6) is 0 Å². The van der Waals surface area contributed by atoms with E-state index in [1.165, 1.54) is 0 Å². The van der Waals surface area contributed by atoms with Crippen LogP contribution in [0.1, 0.15) is 22.3 Å². The molecular formula is C20H20Cl2N2O2. The number of rotatable bonds is 4. The summed E-state index contributed by atoms with van der Waals surface area (Å²) in [7, 11) is 0. The maximum atomic E-state index is 12.5. The van der Waals surface area contributed by atoms with Crippen molar-refractivity contribution in [2.24, 2.45) is 0 Å². The van der Waals surface area contributed by atoms with Gasteiger partial charge in [0.1, 0.15) is 0 Å². The molecule has 0 radical (unpaired) electrons. The Hall–Kier alpha value is -2.04. The Bertz CT molecular complexity index is 785. The highest BCUT2D eigenvalue weighted by Gasteiger charge is 2.24. The molecule has 4 nitrogen and oxygen atoms in total. The molecule has 1 aliphatic heterocycles. The van der Waals surface area contributed by atoms with Crippen LogP contribution in [-0.2, 0) is 11.2 Å². The van der Waals surface area contributed by atoms with Gasteiger partial charge in [0.25, 0.3) is 5.91 Å². The highest BCUT2D eigenvalue weighted by atomic mass is 35.5. The van der Waals surface area contributed by atoms with Gasteiger partial charge in [-0.05, 0) is 42.3 Å². The van der Waals surface area contributed by atoms with Crippen molar-refractivity contribution in [3.05, 3.63) is 69.7 Å². The van der Waals surface area contributed by atoms with Crippen molar-refractivity contribution in [3.63, 3.8) is 0 Å². The van der Waals surface area contributed by atoms with Crippen molar-refractivity contribution in [2.45, 2.75) is 12.8 Å². The number of amides is 2. The maximum Gasteiger partial charge on any atom is 0.254 e. The Morgan fingerprint density at radius 2 is 1.50 bits per heavy atom. The second kappa shape index (κ2) is 8.56. The summed E-state index contributed by atoms with van der Waals surface area (Å²) in [5.74, 6) is 0.0792. The van der Waals surface area contributed by atoms with Gasteiger partial charge in [0.2, 0.25) is 5.91 Å². The van der Waals surface area contributed by atoms with Crippen molar-refractivity contribution in [3.8, 4) is 0 Å². The summed E-state index contributed by atoms with van der Waals surface area (Å²) < 4.78 is 0. The van der Waals surface area contributed by atoms with Gasteiger partial charge in [-0.25, -0.2) is 0 Å². The van der Waals surface area contributed by atoms with E-state index >= 15 is 0 Å². The van der Waals surface area contributed by atoms with E-state index in [4.69, 9.17) is 23.2 Å². The molecule has 3 rings (SSSR count). The summed E-state index contributed by atoms with van der Waals surface area (Å²) in [6, 6.07) is 14.5. The van der Waals surface area contributed by atoms with Gasteiger partial charge >= 0.3 is 0 Å². The van der Waals surface area contributed by atoms with E-state index < -0.39 is 0 Å². The Balaban J connectivity index is 1.49. The zero-order chi connectivity index (χ0) is 18.5. The molecule has 2 aromatic carbocycles. The number of aryl methyl sites for hydroxylation is 1. The van der Waals surface area contributed by atoms with Gasteiger partial charge in [0, 0.05) is 48.2 Å². The molecule has 1 heterocycles. The Morgan fingerprint density at radius 1 is 0.846 bits per heavy atom. The molecule has 26 heavy (non-hydrogen) atoms. The lowest BCUT2D eigenvalue weighted by molar-refractivity contribution is -0.132. The summed E-state index contributed by atoms with van der Waals surface area (Å²) >= 11 is 11.8. The molecule has 0 aliphatic carbocycles. The van der Waals surface area contributed by atoms with Crippen LogP contribution in [0.4, 0.5) is 0 Å². The highest BCUT2D eigenvalue weighted by Crippen LogP contribution is 2.15.